The van der Waals surface area contributed by atoms with Crippen molar-refractivity contribution in [2.75, 3.05) is 31.7 Å². The Morgan fingerprint density at radius 2 is 1.96 bits per heavy atom. The summed E-state index contributed by atoms with van der Waals surface area (Å²) in [4.78, 5) is 12.9. The van der Waals surface area contributed by atoms with Crippen molar-refractivity contribution in [3.63, 3.8) is 0 Å². The summed E-state index contributed by atoms with van der Waals surface area (Å²) in [5.74, 6) is 1.24. The molecule has 5 heteroatoms. The molecule has 1 aliphatic carbocycles. The Morgan fingerprint density at radius 3 is 2.60 bits per heavy atom. The molecular formula is C20H31NO4. The van der Waals surface area contributed by atoms with Crippen LogP contribution in [-0.4, -0.2) is 37.9 Å². The highest BCUT2D eigenvalue weighted by molar-refractivity contribution is 5.97. The summed E-state index contributed by atoms with van der Waals surface area (Å²) in [5.41, 5.74) is 0.0680. The monoisotopic (exact) mass is 349 g/mol. The Morgan fingerprint density at radius 1 is 1.20 bits per heavy atom. The van der Waals surface area contributed by atoms with Crippen molar-refractivity contribution in [2.24, 2.45) is 5.92 Å². The van der Waals surface area contributed by atoms with Crippen LogP contribution in [0.3, 0.4) is 0 Å². The maximum atomic E-state index is 12.9. The van der Waals surface area contributed by atoms with E-state index in [-0.39, 0.29) is 5.91 Å². The molecule has 140 valence electrons. The van der Waals surface area contributed by atoms with E-state index in [0.717, 1.165) is 37.1 Å². The van der Waals surface area contributed by atoms with Crippen LogP contribution in [0.15, 0.2) is 24.3 Å². The van der Waals surface area contributed by atoms with E-state index in [2.05, 4.69) is 12.2 Å². The normalized spacial score (nSPS) is 23.2. The van der Waals surface area contributed by atoms with Gasteiger partial charge in [0.05, 0.1) is 6.61 Å². The van der Waals surface area contributed by atoms with Gasteiger partial charge in [-0.25, -0.2) is 0 Å². The molecule has 0 heterocycles. The molecule has 0 saturated heterocycles. The fourth-order valence-corrected chi connectivity index (χ4v) is 3.42. The Kier molecular flexibility index (Phi) is 7.72. The molecule has 1 amide bonds. The van der Waals surface area contributed by atoms with Crippen molar-refractivity contribution in [3.8, 4) is 5.75 Å². The largest absolute Gasteiger partial charge is 0.491 e. The summed E-state index contributed by atoms with van der Waals surface area (Å²) in [5, 5.41) is 3.02. The predicted octanol–water partition coefficient (Wildman–Crippen LogP) is 4.03. The van der Waals surface area contributed by atoms with Crippen LogP contribution in [0.4, 0.5) is 5.69 Å². The van der Waals surface area contributed by atoms with Crippen LogP contribution in [0.5, 0.6) is 5.75 Å². The molecule has 25 heavy (non-hydrogen) atoms. The van der Waals surface area contributed by atoms with E-state index in [1.807, 2.05) is 38.1 Å². The SMILES string of the molecule is CCOCCOc1ccc(NC(=O)[C@]2(OCC)CCC[C@H](C)C2)cc1. The molecule has 0 radical (unpaired) electrons. The Hall–Kier alpha value is -1.59. The fourth-order valence-electron chi connectivity index (χ4n) is 3.42. The molecule has 2 atom stereocenters. The van der Waals surface area contributed by atoms with Crippen molar-refractivity contribution in [2.45, 2.75) is 52.1 Å². The zero-order chi connectivity index (χ0) is 18.1. The van der Waals surface area contributed by atoms with Gasteiger partial charge in [-0.3, -0.25) is 4.79 Å². The van der Waals surface area contributed by atoms with Crippen LogP contribution in [-0.2, 0) is 14.3 Å². The van der Waals surface area contributed by atoms with E-state index < -0.39 is 5.60 Å². The van der Waals surface area contributed by atoms with Crippen molar-refractivity contribution in [1.82, 2.24) is 0 Å². The van der Waals surface area contributed by atoms with Crippen LogP contribution >= 0.6 is 0 Å². The number of nitrogens with one attached hydrogen (secondary N) is 1. The third kappa shape index (κ3) is 5.72. The van der Waals surface area contributed by atoms with Crippen molar-refractivity contribution < 1.29 is 19.0 Å². The highest BCUT2D eigenvalue weighted by Crippen LogP contribution is 2.36. The van der Waals surface area contributed by atoms with Crippen molar-refractivity contribution in [1.29, 1.82) is 0 Å². The second kappa shape index (κ2) is 9.78. The molecule has 1 aliphatic rings. The minimum Gasteiger partial charge on any atom is -0.491 e. The van der Waals surface area contributed by atoms with Gasteiger partial charge in [-0.05, 0) is 63.3 Å². The molecule has 2 rings (SSSR count). The standard InChI is InChI=1S/C20H31NO4/c1-4-23-13-14-24-18-10-8-17(9-11-18)21-19(22)20(25-5-2)12-6-7-16(3)15-20/h8-11,16H,4-7,12-15H2,1-3H3,(H,21,22)/t16-,20-/m0/s1. The first-order valence-electron chi connectivity index (χ1n) is 9.35. The van der Waals surface area contributed by atoms with Gasteiger partial charge in [0.2, 0.25) is 0 Å². The maximum Gasteiger partial charge on any atom is 0.256 e. The van der Waals surface area contributed by atoms with Gasteiger partial charge in [0, 0.05) is 18.9 Å². The molecule has 1 aromatic carbocycles. The molecule has 0 aliphatic heterocycles. The van der Waals surface area contributed by atoms with Gasteiger partial charge >= 0.3 is 0 Å². The van der Waals surface area contributed by atoms with Crippen LogP contribution in [0.2, 0.25) is 0 Å². The number of benzene rings is 1. The van der Waals surface area contributed by atoms with E-state index in [1.165, 1.54) is 0 Å². The second-order valence-electron chi connectivity index (χ2n) is 6.65. The van der Waals surface area contributed by atoms with Gasteiger partial charge in [-0.2, -0.15) is 0 Å². The zero-order valence-corrected chi connectivity index (χ0v) is 15.7. The Labute approximate surface area is 151 Å². The van der Waals surface area contributed by atoms with Gasteiger partial charge in [0.25, 0.3) is 5.91 Å². The third-order valence-electron chi connectivity index (χ3n) is 4.60. The zero-order valence-electron chi connectivity index (χ0n) is 15.7. The summed E-state index contributed by atoms with van der Waals surface area (Å²) < 4.78 is 16.8. The topological polar surface area (TPSA) is 56.8 Å². The summed E-state index contributed by atoms with van der Waals surface area (Å²) in [7, 11) is 0. The quantitative estimate of drug-likeness (QED) is 0.684. The average molecular weight is 349 g/mol. The van der Waals surface area contributed by atoms with E-state index in [0.29, 0.717) is 32.3 Å². The molecule has 1 fully saturated rings. The van der Waals surface area contributed by atoms with Crippen molar-refractivity contribution in [3.05, 3.63) is 24.3 Å². The number of amides is 1. The lowest BCUT2D eigenvalue weighted by Gasteiger charge is -2.38. The lowest BCUT2D eigenvalue weighted by Crippen LogP contribution is -2.48. The molecule has 5 nitrogen and oxygen atoms in total. The maximum absolute atomic E-state index is 12.9. The molecule has 0 spiro atoms. The Bertz CT molecular complexity index is 527. The summed E-state index contributed by atoms with van der Waals surface area (Å²) >= 11 is 0. The molecular weight excluding hydrogens is 318 g/mol. The van der Waals surface area contributed by atoms with Gasteiger partial charge in [-0.15, -0.1) is 0 Å². The average Bonchev–Trinajstić information content (AvgIpc) is 2.60. The fraction of sp³-hybridized carbons (Fsp3) is 0.650. The summed E-state index contributed by atoms with van der Waals surface area (Å²) in [6, 6.07) is 7.44. The predicted molar refractivity (Wildman–Crippen MR) is 99.0 cm³/mol. The first-order valence-corrected chi connectivity index (χ1v) is 9.35. The number of ether oxygens (including phenoxy) is 3. The second-order valence-corrected chi connectivity index (χ2v) is 6.65. The number of anilines is 1. The highest BCUT2D eigenvalue weighted by Gasteiger charge is 2.42. The lowest BCUT2D eigenvalue weighted by molar-refractivity contribution is -0.147. The smallest absolute Gasteiger partial charge is 0.256 e. The van der Waals surface area contributed by atoms with Gasteiger partial charge < -0.3 is 19.5 Å². The molecule has 1 saturated carbocycles. The van der Waals surface area contributed by atoms with Gasteiger partial charge in [0.15, 0.2) is 0 Å². The van der Waals surface area contributed by atoms with Crippen LogP contribution in [0, 0.1) is 5.92 Å². The summed E-state index contributed by atoms with van der Waals surface area (Å²) in [6.45, 7) is 8.42. The summed E-state index contributed by atoms with van der Waals surface area (Å²) in [6.07, 6.45) is 3.76. The number of rotatable bonds is 9. The van der Waals surface area contributed by atoms with E-state index in [9.17, 15) is 4.79 Å². The molecule has 0 aromatic heterocycles. The number of hydrogen-bond donors (Lipinski definition) is 1. The highest BCUT2D eigenvalue weighted by atomic mass is 16.5. The number of carbonyl (C=O) groups excluding carboxylic acids is 1. The minimum absolute atomic E-state index is 0.0362. The van der Waals surface area contributed by atoms with Crippen LogP contribution in [0.1, 0.15) is 46.5 Å². The first-order chi connectivity index (χ1) is 12.1. The molecule has 1 N–H and O–H groups in total. The molecule has 0 unspecified atom stereocenters. The molecule has 0 bridgehead atoms. The Balaban J connectivity index is 1.94. The molecule has 1 aromatic rings. The van der Waals surface area contributed by atoms with Gasteiger partial charge in [0.1, 0.15) is 18.0 Å². The van der Waals surface area contributed by atoms with E-state index in [4.69, 9.17) is 14.2 Å². The van der Waals surface area contributed by atoms with Crippen LogP contribution in [0.25, 0.3) is 0 Å². The lowest BCUT2D eigenvalue weighted by atomic mass is 9.78. The first kappa shape index (κ1) is 19.7. The van der Waals surface area contributed by atoms with E-state index in [1.54, 1.807) is 0 Å². The van der Waals surface area contributed by atoms with Crippen molar-refractivity contribution >= 4 is 11.6 Å². The van der Waals surface area contributed by atoms with E-state index >= 15 is 0 Å². The minimum atomic E-state index is -0.695. The van der Waals surface area contributed by atoms with Crippen LogP contribution < -0.4 is 10.1 Å². The number of carbonyl (C=O) groups is 1. The number of hydrogen-bond acceptors (Lipinski definition) is 4. The third-order valence-corrected chi connectivity index (χ3v) is 4.60. The van der Waals surface area contributed by atoms with Gasteiger partial charge in [-0.1, -0.05) is 13.3 Å².